The number of hydrogen-bond donors (Lipinski definition) is 1. The van der Waals surface area contributed by atoms with Crippen LogP contribution in [0.5, 0.6) is 0 Å². The van der Waals surface area contributed by atoms with Crippen LogP contribution in [-0.2, 0) is 4.74 Å². The Morgan fingerprint density at radius 1 is 0.949 bits per heavy atom. The molecule has 1 aliphatic heterocycles. The molecule has 3 aromatic heterocycles. The second-order valence-corrected chi connectivity index (χ2v) is 10.6. The molecule has 9 heteroatoms. The van der Waals surface area contributed by atoms with Crippen LogP contribution in [-0.4, -0.2) is 57.0 Å². The summed E-state index contributed by atoms with van der Waals surface area (Å²) >= 11 is 6.55. The lowest BCUT2D eigenvalue weighted by molar-refractivity contribution is 0.0697. The third-order valence-electron chi connectivity index (χ3n) is 7.88. The number of benzene rings is 2. The number of aromatic nitrogens is 4. The van der Waals surface area contributed by atoms with Gasteiger partial charge >= 0.3 is 5.97 Å². The van der Waals surface area contributed by atoms with Crippen LogP contribution in [0.2, 0.25) is 5.15 Å². The largest absolute Gasteiger partial charge is 0.478 e. The van der Waals surface area contributed by atoms with Crippen molar-refractivity contribution in [3.05, 3.63) is 88.8 Å². The van der Waals surface area contributed by atoms with Crippen molar-refractivity contribution < 1.29 is 14.6 Å². The van der Waals surface area contributed by atoms with Crippen LogP contribution in [0.15, 0.2) is 66.7 Å². The molecular formula is C30H26ClN5O3. The first-order chi connectivity index (χ1) is 19.0. The van der Waals surface area contributed by atoms with Crippen LogP contribution >= 0.6 is 11.6 Å². The Bertz CT molecular complexity index is 1710. The standard InChI is InChI=1S/C30H26ClN5O3/c31-26-17-25(35-11-13-39-14-12-35)29-33-27(28(36(29)34-26)19-5-7-20(8-6-19)30(37)38)22-15-21(16-22)24-10-9-18-3-1-2-4-23(18)32-24/h1-10,17,21-22H,11-16H2,(H,37,38). The zero-order valence-electron chi connectivity index (χ0n) is 21.1. The van der Waals surface area contributed by atoms with Gasteiger partial charge in [-0.2, -0.15) is 5.10 Å². The zero-order chi connectivity index (χ0) is 26.5. The molecule has 39 heavy (non-hydrogen) atoms. The topological polar surface area (TPSA) is 92.8 Å². The molecule has 0 unspecified atom stereocenters. The molecule has 0 spiro atoms. The number of anilines is 1. The molecule has 1 aliphatic carbocycles. The van der Waals surface area contributed by atoms with E-state index < -0.39 is 5.97 Å². The zero-order valence-corrected chi connectivity index (χ0v) is 21.9. The molecule has 0 amide bonds. The number of fused-ring (bicyclic) bond motifs is 2. The van der Waals surface area contributed by atoms with Crippen molar-refractivity contribution >= 4 is 39.8 Å². The number of carboxylic acids is 1. The molecule has 8 nitrogen and oxygen atoms in total. The number of imidazole rings is 1. The minimum Gasteiger partial charge on any atom is -0.478 e. The van der Waals surface area contributed by atoms with Crippen LogP contribution in [0.1, 0.15) is 46.4 Å². The predicted octanol–water partition coefficient (Wildman–Crippen LogP) is 5.79. The van der Waals surface area contributed by atoms with Gasteiger partial charge in [-0.1, -0.05) is 48.0 Å². The first-order valence-electron chi connectivity index (χ1n) is 13.2. The molecule has 1 N–H and O–H groups in total. The summed E-state index contributed by atoms with van der Waals surface area (Å²) < 4.78 is 7.40. The Morgan fingerprint density at radius 2 is 1.72 bits per heavy atom. The number of aromatic carboxylic acids is 1. The number of ether oxygens (including phenoxy) is 1. The molecule has 7 rings (SSSR count). The van der Waals surface area contributed by atoms with Crippen molar-refractivity contribution in [2.24, 2.45) is 0 Å². The number of carboxylic acid groups (broad SMARTS) is 1. The van der Waals surface area contributed by atoms with Crippen molar-refractivity contribution in [2.45, 2.75) is 24.7 Å². The molecule has 1 saturated carbocycles. The summed E-state index contributed by atoms with van der Waals surface area (Å²) in [6.45, 7) is 2.79. The molecule has 2 fully saturated rings. The lowest BCUT2D eigenvalue weighted by Crippen LogP contribution is -2.36. The lowest BCUT2D eigenvalue weighted by atomic mass is 9.71. The maximum atomic E-state index is 11.5. The summed E-state index contributed by atoms with van der Waals surface area (Å²) in [7, 11) is 0. The second-order valence-electron chi connectivity index (χ2n) is 10.2. The first-order valence-corrected chi connectivity index (χ1v) is 13.5. The van der Waals surface area contributed by atoms with E-state index >= 15 is 0 Å². The van der Waals surface area contributed by atoms with Crippen molar-refractivity contribution in [1.82, 2.24) is 19.6 Å². The van der Waals surface area contributed by atoms with Crippen LogP contribution in [0.3, 0.4) is 0 Å². The third kappa shape index (κ3) is 4.30. The van der Waals surface area contributed by atoms with Crippen LogP contribution in [0.25, 0.3) is 27.8 Å². The van der Waals surface area contributed by atoms with Crippen molar-refractivity contribution in [1.29, 1.82) is 0 Å². The van der Waals surface area contributed by atoms with Crippen molar-refractivity contribution in [3.8, 4) is 11.3 Å². The minimum atomic E-state index is -0.958. The quantitative estimate of drug-likeness (QED) is 0.302. The highest BCUT2D eigenvalue weighted by atomic mass is 35.5. The third-order valence-corrected chi connectivity index (χ3v) is 8.07. The molecule has 2 aliphatic rings. The number of halogens is 1. The number of nitrogens with zero attached hydrogens (tertiary/aromatic N) is 5. The van der Waals surface area contributed by atoms with E-state index in [0.29, 0.717) is 24.3 Å². The molecule has 2 aromatic carbocycles. The van der Waals surface area contributed by atoms with Gasteiger partial charge in [0.05, 0.1) is 41.4 Å². The number of morpholine rings is 1. The van der Waals surface area contributed by atoms with Crippen molar-refractivity contribution in [2.75, 3.05) is 31.2 Å². The first kappa shape index (κ1) is 24.1. The van der Waals surface area contributed by atoms with Gasteiger partial charge in [0, 0.05) is 47.6 Å². The van der Waals surface area contributed by atoms with E-state index in [-0.39, 0.29) is 11.5 Å². The number of hydrogen-bond acceptors (Lipinski definition) is 6. The van der Waals surface area contributed by atoms with Gasteiger partial charge in [0.15, 0.2) is 10.8 Å². The SMILES string of the molecule is O=C(O)c1ccc(-c2c(C3CC(c4ccc5ccccc5n4)C3)nc3c(N4CCOCC4)cc(Cl)nn23)cc1. The van der Waals surface area contributed by atoms with Gasteiger partial charge in [-0.25, -0.2) is 14.3 Å². The van der Waals surface area contributed by atoms with E-state index in [1.54, 1.807) is 12.1 Å². The lowest BCUT2D eigenvalue weighted by Gasteiger charge is -2.34. The summed E-state index contributed by atoms with van der Waals surface area (Å²) in [4.78, 5) is 23.8. The fourth-order valence-electron chi connectivity index (χ4n) is 5.75. The maximum absolute atomic E-state index is 11.5. The van der Waals surface area contributed by atoms with Gasteiger partial charge in [-0.05, 0) is 37.1 Å². The maximum Gasteiger partial charge on any atom is 0.335 e. The highest BCUT2D eigenvalue weighted by Gasteiger charge is 2.37. The normalized spacial score (nSPS) is 19.4. The van der Waals surface area contributed by atoms with E-state index in [9.17, 15) is 9.90 Å². The Hall–Kier alpha value is -4.01. The molecule has 0 radical (unpaired) electrons. The average molecular weight is 540 g/mol. The van der Waals surface area contributed by atoms with Crippen LogP contribution in [0, 0.1) is 0 Å². The predicted molar refractivity (Wildman–Crippen MR) is 150 cm³/mol. The number of pyridine rings is 1. The summed E-state index contributed by atoms with van der Waals surface area (Å²) in [5.41, 5.74) is 6.71. The van der Waals surface area contributed by atoms with E-state index in [0.717, 1.165) is 70.8 Å². The Morgan fingerprint density at radius 3 is 2.49 bits per heavy atom. The fraction of sp³-hybridized carbons (Fsp3) is 0.267. The van der Waals surface area contributed by atoms with Crippen molar-refractivity contribution in [3.63, 3.8) is 0 Å². The summed E-state index contributed by atoms with van der Waals surface area (Å²) in [5.74, 6) is -0.391. The Labute approximate surface area is 229 Å². The van der Waals surface area contributed by atoms with E-state index in [2.05, 4.69) is 34.3 Å². The minimum absolute atomic E-state index is 0.218. The summed E-state index contributed by atoms with van der Waals surface area (Å²) in [5, 5.41) is 15.6. The second kappa shape index (κ2) is 9.63. The Kier molecular flexibility index (Phi) is 5.94. The molecule has 4 heterocycles. The summed E-state index contributed by atoms with van der Waals surface area (Å²) in [6.07, 6.45) is 1.85. The van der Waals surface area contributed by atoms with Gasteiger partial charge in [-0.15, -0.1) is 0 Å². The Balaban J connectivity index is 1.30. The summed E-state index contributed by atoms with van der Waals surface area (Å²) in [6, 6.07) is 21.2. The number of rotatable bonds is 5. The number of carbonyl (C=O) groups is 1. The molecule has 196 valence electrons. The van der Waals surface area contributed by atoms with E-state index in [1.807, 2.05) is 34.8 Å². The highest BCUT2D eigenvalue weighted by molar-refractivity contribution is 6.29. The fourth-order valence-corrected chi connectivity index (χ4v) is 5.93. The van der Waals surface area contributed by atoms with Gasteiger partial charge < -0.3 is 14.7 Å². The van der Waals surface area contributed by atoms with Crippen LogP contribution in [0.4, 0.5) is 5.69 Å². The molecule has 0 bridgehead atoms. The van der Waals surface area contributed by atoms with Gasteiger partial charge in [0.25, 0.3) is 0 Å². The average Bonchev–Trinajstić information content (AvgIpc) is 3.30. The van der Waals surface area contributed by atoms with E-state index in [4.69, 9.17) is 26.3 Å². The molecule has 1 saturated heterocycles. The smallest absolute Gasteiger partial charge is 0.335 e. The van der Waals surface area contributed by atoms with Crippen LogP contribution < -0.4 is 4.90 Å². The molecular weight excluding hydrogens is 514 g/mol. The number of para-hydroxylation sites is 1. The molecule has 0 atom stereocenters. The van der Waals surface area contributed by atoms with E-state index in [1.165, 1.54) is 0 Å². The van der Waals surface area contributed by atoms with Gasteiger partial charge in [-0.3, -0.25) is 4.98 Å². The highest BCUT2D eigenvalue weighted by Crippen LogP contribution is 2.49. The molecule has 5 aromatic rings. The van der Waals surface area contributed by atoms with Gasteiger partial charge in [0.1, 0.15) is 0 Å². The van der Waals surface area contributed by atoms with Gasteiger partial charge in [0.2, 0.25) is 0 Å². The monoisotopic (exact) mass is 539 g/mol.